The van der Waals surface area contributed by atoms with Crippen molar-refractivity contribution in [1.82, 2.24) is 4.98 Å². The van der Waals surface area contributed by atoms with Gasteiger partial charge >= 0.3 is 0 Å². The number of methoxy groups -OCH3 is 1. The highest BCUT2D eigenvalue weighted by Gasteiger charge is 2.10. The summed E-state index contributed by atoms with van der Waals surface area (Å²) in [6.45, 7) is 0. The third-order valence-corrected chi connectivity index (χ3v) is 1.40. The average Bonchev–Trinajstić information content (AvgIpc) is 2.04. The largest absolute Gasteiger partial charge is 0.494 e. The standard InChI is InChI=1S/C7H9N3O2/c1-12-4-2-3-10-6(5(4)8)7(9)11/h2-3H,8H2,1H3,(H2,9,11). The molecular weight excluding hydrogens is 158 g/mol. The SMILES string of the molecule is COc1ccnc(C(N)=O)c1N. The molecule has 0 aliphatic rings. The zero-order valence-electron chi connectivity index (χ0n) is 6.57. The summed E-state index contributed by atoms with van der Waals surface area (Å²) in [4.78, 5) is 14.4. The van der Waals surface area contributed by atoms with Crippen LogP contribution in [-0.2, 0) is 0 Å². The van der Waals surface area contributed by atoms with E-state index < -0.39 is 5.91 Å². The van der Waals surface area contributed by atoms with Crippen LogP contribution in [0.3, 0.4) is 0 Å². The molecule has 0 saturated heterocycles. The van der Waals surface area contributed by atoms with Gasteiger partial charge in [0.05, 0.1) is 7.11 Å². The van der Waals surface area contributed by atoms with E-state index in [1.165, 1.54) is 13.3 Å². The Bertz CT molecular complexity index is 312. The van der Waals surface area contributed by atoms with Crippen LogP contribution in [0.15, 0.2) is 12.3 Å². The van der Waals surface area contributed by atoms with Crippen LogP contribution in [0.25, 0.3) is 0 Å². The van der Waals surface area contributed by atoms with Crippen molar-refractivity contribution in [2.24, 2.45) is 5.73 Å². The van der Waals surface area contributed by atoms with E-state index >= 15 is 0 Å². The molecule has 4 N–H and O–H groups in total. The zero-order chi connectivity index (χ0) is 9.14. The molecule has 0 radical (unpaired) electrons. The molecule has 12 heavy (non-hydrogen) atoms. The van der Waals surface area contributed by atoms with Crippen LogP contribution < -0.4 is 16.2 Å². The number of hydrogen-bond donors (Lipinski definition) is 2. The van der Waals surface area contributed by atoms with Crippen molar-refractivity contribution in [3.8, 4) is 5.75 Å². The molecule has 0 bridgehead atoms. The number of rotatable bonds is 2. The van der Waals surface area contributed by atoms with Crippen molar-refractivity contribution in [1.29, 1.82) is 0 Å². The molecule has 5 heteroatoms. The topological polar surface area (TPSA) is 91.2 Å². The number of ether oxygens (including phenoxy) is 1. The van der Waals surface area contributed by atoms with Crippen LogP contribution in [0.5, 0.6) is 5.75 Å². The Labute approximate surface area is 69.3 Å². The smallest absolute Gasteiger partial charge is 0.269 e. The van der Waals surface area contributed by atoms with Gasteiger partial charge in [0.15, 0.2) is 5.69 Å². The summed E-state index contributed by atoms with van der Waals surface area (Å²) < 4.78 is 4.86. The van der Waals surface area contributed by atoms with E-state index in [2.05, 4.69) is 4.98 Å². The zero-order valence-corrected chi connectivity index (χ0v) is 6.57. The molecule has 0 fully saturated rings. The molecule has 0 atom stereocenters. The first-order valence-corrected chi connectivity index (χ1v) is 3.25. The van der Waals surface area contributed by atoms with Crippen molar-refractivity contribution < 1.29 is 9.53 Å². The Morgan fingerprint density at radius 1 is 1.67 bits per heavy atom. The minimum absolute atomic E-state index is 0.0364. The van der Waals surface area contributed by atoms with Crippen molar-refractivity contribution in [2.75, 3.05) is 12.8 Å². The summed E-state index contributed by atoms with van der Waals surface area (Å²) in [7, 11) is 1.45. The average molecular weight is 167 g/mol. The maximum absolute atomic E-state index is 10.7. The summed E-state index contributed by atoms with van der Waals surface area (Å²) in [5.41, 5.74) is 10.7. The first-order chi connectivity index (χ1) is 5.66. The fourth-order valence-electron chi connectivity index (χ4n) is 0.830. The summed E-state index contributed by atoms with van der Waals surface area (Å²) >= 11 is 0. The number of nitrogen functional groups attached to an aromatic ring is 1. The quantitative estimate of drug-likeness (QED) is 0.636. The molecule has 64 valence electrons. The van der Waals surface area contributed by atoms with Crippen LogP contribution in [-0.4, -0.2) is 18.0 Å². The van der Waals surface area contributed by atoms with E-state index in [-0.39, 0.29) is 11.4 Å². The summed E-state index contributed by atoms with van der Waals surface area (Å²) in [5, 5.41) is 0. The number of anilines is 1. The van der Waals surface area contributed by atoms with Gasteiger partial charge in [0.2, 0.25) is 0 Å². The molecule has 1 aromatic rings. The third kappa shape index (κ3) is 1.29. The second kappa shape index (κ2) is 3.08. The van der Waals surface area contributed by atoms with Gasteiger partial charge in [0.25, 0.3) is 5.91 Å². The predicted molar refractivity (Wildman–Crippen MR) is 43.7 cm³/mol. The minimum atomic E-state index is -0.661. The monoisotopic (exact) mass is 167 g/mol. The molecule has 1 heterocycles. The normalized spacial score (nSPS) is 9.42. The van der Waals surface area contributed by atoms with Gasteiger partial charge in [-0.3, -0.25) is 4.79 Å². The lowest BCUT2D eigenvalue weighted by atomic mass is 10.3. The Hall–Kier alpha value is -1.78. The van der Waals surface area contributed by atoms with Gasteiger partial charge in [0, 0.05) is 12.3 Å². The number of primary amides is 1. The van der Waals surface area contributed by atoms with Gasteiger partial charge in [0.1, 0.15) is 11.4 Å². The molecule has 1 amide bonds. The number of hydrogen-bond acceptors (Lipinski definition) is 4. The third-order valence-electron chi connectivity index (χ3n) is 1.40. The molecule has 0 aliphatic carbocycles. The molecule has 0 aromatic carbocycles. The van der Waals surface area contributed by atoms with Gasteiger partial charge in [-0.25, -0.2) is 4.98 Å². The van der Waals surface area contributed by atoms with E-state index in [4.69, 9.17) is 16.2 Å². The highest BCUT2D eigenvalue weighted by atomic mass is 16.5. The van der Waals surface area contributed by atoms with Crippen LogP contribution >= 0.6 is 0 Å². The maximum atomic E-state index is 10.7. The second-order valence-corrected chi connectivity index (χ2v) is 2.14. The Kier molecular flexibility index (Phi) is 2.14. The molecule has 0 unspecified atom stereocenters. The fourth-order valence-corrected chi connectivity index (χ4v) is 0.830. The van der Waals surface area contributed by atoms with Gasteiger partial charge in [-0.1, -0.05) is 0 Å². The number of nitrogens with two attached hydrogens (primary N) is 2. The van der Waals surface area contributed by atoms with Crippen molar-refractivity contribution >= 4 is 11.6 Å². The Morgan fingerprint density at radius 3 is 2.83 bits per heavy atom. The number of carbonyl (C=O) groups excluding carboxylic acids is 1. The van der Waals surface area contributed by atoms with Gasteiger partial charge in [-0.15, -0.1) is 0 Å². The van der Waals surface area contributed by atoms with Crippen LogP contribution in [0.4, 0.5) is 5.69 Å². The lowest BCUT2D eigenvalue weighted by Crippen LogP contribution is -2.15. The summed E-state index contributed by atoms with van der Waals surface area (Å²) in [6, 6.07) is 1.56. The minimum Gasteiger partial charge on any atom is -0.494 e. The Morgan fingerprint density at radius 2 is 2.33 bits per heavy atom. The van der Waals surface area contributed by atoms with Gasteiger partial charge in [-0.05, 0) is 0 Å². The summed E-state index contributed by atoms with van der Waals surface area (Å²) in [5.74, 6) is -0.259. The van der Waals surface area contributed by atoms with Crippen molar-refractivity contribution in [3.63, 3.8) is 0 Å². The molecule has 0 saturated carbocycles. The van der Waals surface area contributed by atoms with E-state index in [0.717, 1.165) is 0 Å². The maximum Gasteiger partial charge on any atom is 0.269 e. The molecule has 0 spiro atoms. The second-order valence-electron chi connectivity index (χ2n) is 2.14. The van der Waals surface area contributed by atoms with E-state index in [0.29, 0.717) is 5.75 Å². The summed E-state index contributed by atoms with van der Waals surface area (Å²) in [6.07, 6.45) is 1.41. The van der Waals surface area contributed by atoms with Crippen molar-refractivity contribution in [3.05, 3.63) is 18.0 Å². The number of amides is 1. The van der Waals surface area contributed by atoms with Crippen LogP contribution in [0, 0.1) is 0 Å². The fraction of sp³-hybridized carbons (Fsp3) is 0.143. The van der Waals surface area contributed by atoms with Crippen molar-refractivity contribution in [2.45, 2.75) is 0 Å². The molecule has 1 rings (SSSR count). The molecular formula is C7H9N3O2. The number of carbonyl (C=O) groups is 1. The first-order valence-electron chi connectivity index (χ1n) is 3.25. The van der Waals surface area contributed by atoms with Gasteiger partial charge in [-0.2, -0.15) is 0 Å². The number of pyridine rings is 1. The number of nitrogens with zero attached hydrogens (tertiary/aromatic N) is 1. The molecule has 0 aliphatic heterocycles. The highest BCUT2D eigenvalue weighted by Crippen LogP contribution is 2.21. The molecule has 5 nitrogen and oxygen atoms in total. The van der Waals surface area contributed by atoms with E-state index in [1.807, 2.05) is 0 Å². The van der Waals surface area contributed by atoms with E-state index in [1.54, 1.807) is 6.07 Å². The highest BCUT2D eigenvalue weighted by molar-refractivity contribution is 5.97. The van der Waals surface area contributed by atoms with Gasteiger partial charge < -0.3 is 16.2 Å². The lowest BCUT2D eigenvalue weighted by molar-refractivity contribution is 0.0996. The van der Waals surface area contributed by atoms with E-state index in [9.17, 15) is 4.79 Å². The van der Waals surface area contributed by atoms with Crippen LogP contribution in [0.2, 0.25) is 0 Å². The molecule has 1 aromatic heterocycles. The van der Waals surface area contributed by atoms with Crippen LogP contribution in [0.1, 0.15) is 10.5 Å². The lowest BCUT2D eigenvalue weighted by Gasteiger charge is -2.05. The first kappa shape index (κ1) is 8.32. The predicted octanol–water partition coefficient (Wildman–Crippen LogP) is -0.229. The Balaban J connectivity index is 3.23. The number of aromatic nitrogens is 1.